The summed E-state index contributed by atoms with van der Waals surface area (Å²) in [5.74, 6) is 1.45. The Morgan fingerprint density at radius 3 is 2.82 bits per heavy atom. The molecule has 0 saturated heterocycles. The zero-order valence-electron chi connectivity index (χ0n) is 13.3. The molecule has 1 aromatic heterocycles. The summed E-state index contributed by atoms with van der Waals surface area (Å²) in [7, 11) is 0. The van der Waals surface area contributed by atoms with Crippen molar-refractivity contribution in [2.24, 2.45) is 0 Å². The van der Waals surface area contributed by atoms with E-state index in [1.807, 2.05) is 18.2 Å². The van der Waals surface area contributed by atoms with Crippen molar-refractivity contribution in [1.29, 1.82) is 0 Å². The van der Waals surface area contributed by atoms with E-state index in [0.29, 0.717) is 18.7 Å². The lowest BCUT2D eigenvalue weighted by Crippen LogP contribution is -2.21. The highest BCUT2D eigenvalue weighted by Crippen LogP contribution is 2.29. The Labute approximate surface area is 130 Å². The number of rotatable bonds is 5. The Balaban J connectivity index is 1.79. The second-order valence-electron chi connectivity index (χ2n) is 6.17. The standard InChI is InChI=1S/C17H21N3O2/c1-4-17(3,5-2)16-19-15(22-20-16)9-11-6-7-12-10-14(21)18-13(12)8-11/h6-8H,4-5,9-10H2,1-3H3,(H,18,21). The van der Waals surface area contributed by atoms with E-state index in [2.05, 4.69) is 36.2 Å². The maximum atomic E-state index is 11.4. The van der Waals surface area contributed by atoms with Gasteiger partial charge in [0.1, 0.15) is 0 Å². The second-order valence-corrected chi connectivity index (χ2v) is 6.17. The molecule has 1 aromatic carbocycles. The van der Waals surface area contributed by atoms with Crippen molar-refractivity contribution in [3.8, 4) is 0 Å². The Morgan fingerprint density at radius 2 is 2.09 bits per heavy atom. The van der Waals surface area contributed by atoms with Gasteiger partial charge in [0, 0.05) is 11.1 Å². The topological polar surface area (TPSA) is 68.0 Å². The summed E-state index contributed by atoms with van der Waals surface area (Å²) in [6, 6.07) is 5.99. The van der Waals surface area contributed by atoms with Gasteiger partial charge in [-0.05, 0) is 30.0 Å². The molecule has 5 nitrogen and oxygen atoms in total. The predicted octanol–water partition coefficient (Wildman–Crippen LogP) is 3.23. The summed E-state index contributed by atoms with van der Waals surface area (Å²) in [4.78, 5) is 16.0. The number of carbonyl (C=O) groups is 1. The van der Waals surface area contributed by atoms with Crippen LogP contribution in [-0.2, 0) is 23.1 Å². The molecular formula is C17H21N3O2. The highest BCUT2D eigenvalue weighted by atomic mass is 16.5. The van der Waals surface area contributed by atoms with Crippen molar-refractivity contribution in [3.05, 3.63) is 41.0 Å². The highest BCUT2D eigenvalue weighted by molar-refractivity contribution is 5.99. The van der Waals surface area contributed by atoms with Gasteiger partial charge in [0.2, 0.25) is 11.8 Å². The molecular weight excluding hydrogens is 278 g/mol. The molecule has 1 aliphatic heterocycles. The molecule has 0 atom stereocenters. The minimum absolute atomic E-state index is 0.0341. The number of carbonyl (C=O) groups excluding carboxylic acids is 1. The minimum Gasteiger partial charge on any atom is -0.339 e. The van der Waals surface area contributed by atoms with Crippen LogP contribution < -0.4 is 5.32 Å². The number of aromatic nitrogens is 2. The number of nitrogens with zero attached hydrogens (tertiary/aromatic N) is 2. The first kappa shape index (κ1) is 14.8. The Morgan fingerprint density at radius 1 is 1.32 bits per heavy atom. The van der Waals surface area contributed by atoms with Crippen molar-refractivity contribution in [2.75, 3.05) is 5.32 Å². The lowest BCUT2D eigenvalue weighted by Gasteiger charge is -2.21. The van der Waals surface area contributed by atoms with Crippen LogP contribution in [0.2, 0.25) is 0 Å². The van der Waals surface area contributed by atoms with E-state index in [0.717, 1.165) is 35.5 Å². The molecule has 22 heavy (non-hydrogen) atoms. The van der Waals surface area contributed by atoms with Crippen LogP contribution in [-0.4, -0.2) is 16.0 Å². The summed E-state index contributed by atoms with van der Waals surface area (Å²) >= 11 is 0. The Bertz CT molecular complexity index is 702. The monoisotopic (exact) mass is 299 g/mol. The maximum Gasteiger partial charge on any atom is 0.231 e. The van der Waals surface area contributed by atoms with Crippen LogP contribution >= 0.6 is 0 Å². The molecule has 2 aromatic rings. The van der Waals surface area contributed by atoms with Crippen molar-refractivity contribution < 1.29 is 9.32 Å². The van der Waals surface area contributed by atoms with Crippen LogP contribution in [0, 0.1) is 0 Å². The van der Waals surface area contributed by atoms with Crippen molar-refractivity contribution in [3.63, 3.8) is 0 Å². The number of nitrogens with one attached hydrogen (secondary N) is 1. The van der Waals surface area contributed by atoms with Gasteiger partial charge in [-0.15, -0.1) is 0 Å². The van der Waals surface area contributed by atoms with Crippen molar-refractivity contribution >= 4 is 11.6 Å². The van der Waals surface area contributed by atoms with Gasteiger partial charge in [-0.1, -0.05) is 38.1 Å². The summed E-state index contributed by atoms with van der Waals surface area (Å²) in [6.07, 6.45) is 3.01. The number of hydrogen-bond donors (Lipinski definition) is 1. The fourth-order valence-electron chi connectivity index (χ4n) is 2.68. The first-order valence-electron chi connectivity index (χ1n) is 7.79. The van der Waals surface area contributed by atoms with E-state index < -0.39 is 0 Å². The molecule has 0 bridgehead atoms. The van der Waals surface area contributed by atoms with E-state index in [1.165, 1.54) is 0 Å². The van der Waals surface area contributed by atoms with Gasteiger partial charge >= 0.3 is 0 Å². The molecule has 3 rings (SSSR count). The zero-order chi connectivity index (χ0) is 15.7. The predicted molar refractivity (Wildman–Crippen MR) is 83.8 cm³/mol. The smallest absolute Gasteiger partial charge is 0.231 e. The molecule has 0 unspecified atom stereocenters. The third kappa shape index (κ3) is 2.63. The van der Waals surface area contributed by atoms with Crippen LogP contribution in [0.3, 0.4) is 0 Å². The number of fused-ring (bicyclic) bond motifs is 1. The zero-order valence-corrected chi connectivity index (χ0v) is 13.3. The van der Waals surface area contributed by atoms with E-state index in [1.54, 1.807) is 0 Å². The fourth-order valence-corrected chi connectivity index (χ4v) is 2.68. The lowest BCUT2D eigenvalue weighted by molar-refractivity contribution is -0.115. The normalized spacial score (nSPS) is 14.0. The first-order chi connectivity index (χ1) is 10.5. The van der Waals surface area contributed by atoms with E-state index >= 15 is 0 Å². The Hall–Kier alpha value is -2.17. The van der Waals surface area contributed by atoms with Crippen LogP contribution in [0.25, 0.3) is 0 Å². The van der Waals surface area contributed by atoms with Gasteiger partial charge < -0.3 is 9.84 Å². The molecule has 116 valence electrons. The van der Waals surface area contributed by atoms with Gasteiger partial charge in [0.15, 0.2) is 5.82 Å². The van der Waals surface area contributed by atoms with E-state index in [9.17, 15) is 4.79 Å². The quantitative estimate of drug-likeness (QED) is 0.920. The molecule has 2 heterocycles. The number of amides is 1. The molecule has 0 fully saturated rings. The largest absolute Gasteiger partial charge is 0.339 e. The Kier molecular flexibility index (Phi) is 3.72. The molecule has 0 aliphatic carbocycles. The maximum absolute atomic E-state index is 11.4. The van der Waals surface area contributed by atoms with Gasteiger partial charge in [0.05, 0.1) is 12.8 Å². The molecule has 0 radical (unpaired) electrons. The minimum atomic E-state index is -0.0341. The van der Waals surface area contributed by atoms with Crippen LogP contribution in [0.1, 0.15) is 56.5 Å². The molecule has 0 saturated carbocycles. The second kappa shape index (κ2) is 5.55. The van der Waals surface area contributed by atoms with Crippen molar-refractivity contribution in [2.45, 2.75) is 51.9 Å². The number of hydrogen-bond acceptors (Lipinski definition) is 4. The summed E-state index contributed by atoms with van der Waals surface area (Å²) < 4.78 is 5.41. The molecule has 1 N–H and O–H groups in total. The van der Waals surface area contributed by atoms with Gasteiger partial charge in [0.25, 0.3) is 0 Å². The van der Waals surface area contributed by atoms with Crippen LogP contribution in [0.15, 0.2) is 22.7 Å². The number of benzene rings is 1. The van der Waals surface area contributed by atoms with Crippen LogP contribution in [0.5, 0.6) is 0 Å². The summed E-state index contributed by atoms with van der Waals surface area (Å²) in [6.45, 7) is 6.44. The lowest BCUT2D eigenvalue weighted by atomic mass is 9.84. The SMILES string of the molecule is CCC(C)(CC)c1noc(Cc2ccc3c(c2)NC(=O)C3)n1. The van der Waals surface area contributed by atoms with E-state index in [4.69, 9.17) is 4.52 Å². The van der Waals surface area contributed by atoms with Crippen molar-refractivity contribution in [1.82, 2.24) is 10.1 Å². The van der Waals surface area contributed by atoms with Crippen LogP contribution in [0.4, 0.5) is 5.69 Å². The summed E-state index contributed by atoms with van der Waals surface area (Å²) in [5, 5.41) is 7.02. The highest BCUT2D eigenvalue weighted by Gasteiger charge is 2.28. The van der Waals surface area contributed by atoms with E-state index in [-0.39, 0.29) is 11.3 Å². The fraction of sp³-hybridized carbons (Fsp3) is 0.471. The van der Waals surface area contributed by atoms with Gasteiger partial charge in [-0.25, -0.2) is 0 Å². The number of anilines is 1. The molecule has 5 heteroatoms. The first-order valence-corrected chi connectivity index (χ1v) is 7.79. The average Bonchev–Trinajstić information content (AvgIpc) is 3.12. The molecule has 1 amide bonds. The van der Waals surface area contributed by atoms with Gasteiger partial charge in [-0.3, -0.25) is 4.79 Å². The summed E-state index contributed by atoms with van der Waals surface area (Å²) in [5.41, 5.74) is 2.97. The molecule has 0 spiro atoms. The molecule has 1 aliphatic rings. The average molecular weight is 299 g/mol. The third-order valence-corrected chi connectivity index (χ3v) is 4.72. The van der Waals surface area contributed by atoms with Gasteiger partial charge in [-0.2, -0.15) is 4.98 Å². The third-order valence-electron chi connectivity index (χ3n) is 4.72.